The molecule has 2 aliphatic heterocycles. The molecular weight excluding hydrogens is 318 g/mol. The maximum Gasteiger partial charge on any atom is 0.314 e. The normalized spacial score (nSPS) is 21.8. The Kier molecular flexibility index (Phi) is 5.40. The molecule has 0 spiro atoms. The van der Waals surface area contributed by atoms with Crippen LogP contribution in [-0.2, 0) is 4.79 Å². The topological polar surface area (TPSA) is 82.8 Å². The first kappa shape index (κ1) is 17.5. The summed E-state index contributed by atoms with van der Waals surface area (Å²) in [6.07, 6.45) is 6.32. The third-order valence-corrected chi connectivity index (χ3v) is 5.22. The molecule has 0 aliphatic carbocycles. The first-order valence-electron chi connectivity index (χ1n) is 9.05. The highest BCUT2D eigenvalue weighted by Crippen LogP contribution is 2.22. The number of urea groups is 1. The quantitative estimate of drug-likeness (QED) is 0.874. The number of amides is 3. The molecule has 3 heterocycles. The number of likely N-dealkylation sites (tertiary alicyclic amines) is 1. The Hall–Kier alpha value is -2.31. The van der Waals surface area contributed by atoms with Crippen LogP contribution in [0.1, 0.15) is 24.8 Å². The summed E-state index contributed by atoms with van der Waals surface area (Å²) in [5.41, 5.74) is 7.74. The molecule has 1 aromatic heterocycles. The number of pyridine rings is 1. The molecule has 136 valence electrons. The van der Waals surface area contributed by atoms with Crippen molar-refractivity contribution in [3.05, 3.63) is 24.0 Å². The van der Waals surface area contributed by atoms with E-state index in [1.165, 1.54) is 5.69 Å². The van der Waals surface area contributed by atoms with Crippen LogP contribution in [0.3, 0.4) is 0 Å². The van der Waals surface area contributed by atoms with Gasteiger partial charge in [-0.25, -0.2) is 4.79 Å². The maximum atomic E-state index is 12.9. The van der Waals surface area contributed by atoms with E-state index in [1.807, 2.05) is 23.4 Å². The van der Waals surface area contributed by atoms with Crippen molar-refractivity contribution in [2.24, 2.45) is 11.7 Å². The fourth-order valence-corrected chi connectivity index (χ4v) is 3.84. The number of carbonyl (C=O) groups is 2. The molecule has 7 nitrogen and oxygen atoms in total. The van der Waals surface area contributed by atoms with Gasteiger partial charge >= 0.3 is 6.03 Å². The summed E-state index contributed by atoms with van der Waals surface area (Å²) in [6.45, 7) is 6.43. The van der Waals surface area contributed by atoms with Crippen molar-refractivity contribution in [3.8, 4) is 0 Å². The van der Waals surface area contributed by atoms with Gasteiger partial charge in [-0.15, -0.1) is 0 Å². The highest BCUT2D eigenvalue weighted by molar-refractivity contribution is 5.80. The average Bonchev–Trinajstić information content (AvgIpc) is 2.87. The molecule has 2 N–H and O–H groups in total. The van der Waals surface area contributed by atoms with Crippen molar-refractivity contribution in [1.29, 1.82) is 0 Å². The second-order valence-corrected chi connectivity index (χ2v) is 6.95. The van der Waals surface area contributed by atoms with E-state index in [1.54, 1.807) is 4.90 Å². The lowest BCUT2D eigenvalue weighted by atomic mass is 9.96. The van der Waals surface area contributed by atoms with Gasteiger partial charge in [0.15, 0.2) is 0 Å². The molecule has 2 fully saturated rings. The van der Waals surface area contributed by atoms with Crippen LogP contribution in [0.2, 0.25) is 0 Å². The van der Waals surface area contributed by atoms with E-state index in [9.17, 15) is 9.59 Å². The SMILES string of the molecule is Cc1cnccc1N1CCCN(C(=O)[C@@H]2CCCN(C(N)=O)C2)CC1. The van der Waals surface area contributed by atoms with Gasteiger partial charge in [-0.05, 0) is 37.8 Å². The van der Waals surface area contributed by atoms with Gasteiger partial charge in [0, 0.05) is 57.3 Å². The van der Waals surface area contributed by atoms with Crippen molar-refractivity contribution >= 4 is 17.6 Å². The summed E-state index contributed by atoms with van der Waals surface area (Å²) in [6, 6.07) is 1.62. The lowest BCUT2D eigenvalue weighted by molar-refractivity contribution is -0.136. The van der Waals surface area contributed by atoms with Gasteiger partial charge in [0.2, 0.25) is 5.91 Å². The van der Waals surface area contributed by atoms with Crippen LogP contribution in [0, 0.1) is 12.8 Å². The van der Waals surface area contributed by atoms with Crippen molar-refractivity contribution in [2.45, 2.75) is 26.2 Å². The molecule has 0 radical (unpaired) electrons. The standard InChI is InChI=1S/C18H27N5O2/c1-14-12-20-6-5-16(14)21-8-3-9-22(11-10-21)17(24)15-4-2-7-23(13-15)18(19)25/h5-6,12,15H,2-4,7-11,13H2,1H3,(H2,19,25)/t15-/m1/s1. The molecule has 0 aromatic carbocycles. The van der Waals surface area contributed by atoms with Crippen LogP contribution < -0.4 is 10.6 Å². The Bertz CT molecular complexity index is 636. The molecule has 2 saturated heterocycles. The van der Waals surface area contributed by atoms with Gasteiger partial charge in [0.05, 0.1) is 5.92 Å². The summed E-state index contributed by atoms with van der Waals surface area (Å²) in [5, 5.41) is 0. The lowest BCUT2D eigenvalue weighted by Gasteiger charge is -2.34. The van der Waals surface area contributed by atoms with Gasteiger partial charge in [0.25, 0.3) is 0 Å². The van der Waals surface area contributed by atoms with Gasteiger partial charge in [-0.2, -0.15) is 0 Å². The van der Waals surface area contributed by atoms with E-state index < -0.39 is 6.03 Å². The van der Waals surface area contributed by atoms with Crippen LogP contribution in [0.4, 0.5) is 10.5 Å². The molecule has 2 aliphatic rings. The fourth-order valence-electron chi connectivity index (χ4n) is 3.84. The first-order chi connectivity index (χ1) is 12.1. The predicted octanol–water partition coefficient (Wildman–Crippen LogP) is 1.22. The van der Waals surface area contributed by atoms with Gasteiger partial charge in [-0.1, -0.05) is 0 Å². The van der Waals surface area contributed by atoms with E-state index in [2.05, 4.69) is 16.8 Å². The van der Waals surface area contributed by atoms with E-state index in [4.69, 9.17) is 5.73 Å². The van der Waals surface area contributed by atoms with Gasteiger partial charge in [-0.3, -0.25) is 9.78 Å². The number of hydrogen-bond acceptors (Lipinski definition) is 4. The number of aromatic nitrogens is 1. The smallest absolute Gasteiger partial charge is 0.314 e. The molecule has 1 aromatic rings. The van der Waals surface area contributed by atoms with Crippen LogP contribution in [0.25, 0.3) is 0 Å². The predicted molar refractivity (Wildman–Crippen MR) is 96.3 cm³/mol. The van der Waals surface area contributed by atoms with E-state index in [0.717, 1.165) is 44.5 Å². The zero-order chi connectivity index (χ0) is 17.8. The molecular formula is C18H27N5O2. The summed E-state index contributed by atoms with van der Waals surface area (Å²) >= 11 is 0. The van der Waals surface area contributed by atoms with Crippen LogP contribution in [-0.4, -0.2) is 66.0 Å². The van der Waals surface area contributed by atoms with E-state index >= 15 is 0 Å². The highest BCUT2D eigenvalue weighted by atomic mass is 16.2. The number of nitrogens with two attached hydrogens (primary N) is 1. The Morgan fingerprint density at radius 3 is 2.68 bits per heavy atom. The highest BCUT2D eigenvalue weighted by Gasteiger charge is 2.31. The number of hydrogen-bond donors (Lipinski definition) is 1. The number of rotatable bonds is 2. The summed E-state index contributed by atoms with van der Waals surface area (Å²) < 4.78 is 0. The lowest BCUT2D eigenvalue weighted by Crippen LogP contribution is -2.49. The summed E-state index contributed by atoms with van der Waals surface area (Å²) in [4.78, 5) is 34.3. The largest absolute Gasteiger partial charge is 0.369 e. The van der Waals surface area contributed by atoms with Gasteiger partial charge in [0.1, 0.15) is 0 Å². The third-order valence-electron chi connectivity index (χ3n) is 5.22. The summed E-state index contributed by atoms with van der Waals surface area (Å²) in [7, 11) is 0. The molecule has 3 amide bonds. The third kappa shape index (κ3) is 4.03. The molecule has 0 bridgehead atoms. The molecule has 1 atom stereocenters. The Balaban J connectivity index is 1.62. The maximum absolute atomic E-state index is 12.9. The second kappa shape index (κ2) is 7.72. The molecule has 7 heteroatoms. The fraction of sp³-hybridized carbons (Fsp3) is 0.611. The Morgan fingerprint density at radius 1 is 1.12 bits per heavy atom. The van der Waals surface area contributed by atoms with E-state index in [-0.39, 0.29) is 11.8 Å². The van der Waals surface area contributed by atoms with Gasteiger partial charge < -0.3 is 20.4 Å². The number of anilines is 1. The molecule has 0 unspecified atom stereocenters. The monoisotopic (exact) mass is 345 g/mol. The minimum atomic E-state index is -0.423. The average molecular weight is 345 g/mol. The number of piperidine rings is 1. The zero-order valence-corrected chi connectivity index (χ0v) is 14.9. The van der Waals surface area contributed by atoms with Crippen molar-refractivity contribution in [1.82, 2.24) is 14.8 Å². The van der Waals surface area contributed by atoms with Crippen LogP contribution in [0.5, 0.6) is 0 Å². The van der Waals surface area contributed by atoms with Crippen LogP contribution in [0.15, 0.2) is 18.5 Å². The van der Waals surface area contributed by atoms with Crippen molar-refractivity contribution < 1.29 is 9.59 Å². The molecule has 25 heavy (non-hydrogen) atoms. The number of nitrogens with zero attached hydrogens (tertiary/aromatic N) is 4. The van der Waals surface area contributed by atoms with E-state index in [0.29, 0.717) is 19.6 Å². The summed E-state index contributed by atoms with van der Waals surface area (Å²) in [5.74, 6) is 0.0507. The minimum absolute atomic E-state index is 0.115. The molecule has 3 rings (SSSR count). The number of primary amides is 1. The number of carbonyl (C=O) groups excluding carboxylic acids is 2. The van der Waals surface area contributed by atoms with Crippen LogP contribution >= 0.6 is 0 Å². The van der Waals surface area contributed by atoms with Crippen molar-refractivity contribution in [3.63, 3.8) is 0 Å². The first-order valence-corrected chi connectivity index (χ1v) is 9.05. The molecule has 0 saturated carbocycles. The zero-order valence-electron chi connectivity index (χ0n) is 14.9. The van der Waals surface area contributed by atoms with Crippen molar-refractivity contribution in [2.75, 3.05) is 44.2 Å². The second-order valence-electron chi connectivity index (χ2n) is 6.95. The minimum Gasteiger partial charge on any atom is -0.369 e. The Morgan fingerprint density at radius 2 is 1.92 bits per heavy atom. The Labute approximate surface area is 148 Å². The number of aryl methyl sites for hydroxylation is 1.